The fraction of sp³-hybridized carbons (Fsp3) is 0.125. The summed E-state index contributed by atoms with van der Waals surface area (Å²) >= 11 is 0. The minimum Gasteiger partial charge on any atom is -0.312 e. The molecule has 0 saturated carbocycles. The number of benzene rings is 3. The molecule has 0 aromatic heterocycles. The highest BCUT2D eigenvalue weighted by Crippen LogP contribution is 2.29. The lowest BCUT2D eigenvalue weighted by Gasteiger charge is -2.19. The van der Waals surface area contributed by atoms with Gasteiger partial charge >= 0.3 is 0 Å². The molecule has 0 radical (unpaired) electrons. The van der Waals surface area contributed by atoms with Crippen molar-refractivity contribution in [2.24, 2.45) is 0 Å². The van der Waals surface area contributed by atoms with Gasteiger partial charge in [0.15, 0.2) is 0 Å². The minimum absolute atomic E-state index is 0.0223. The highest BCUT2D eigenvalue weighted by Gasteiger charge is 2.24. The summed E-state index contributed by atoms with van der Waals surface area (Å²) in [6.45, 7) is 3.91. The average Bonchev–Trinajstić information content (AvgIpc) is 2.72. The van der Waals surface area contributed by atoms with Crippen LogP contribution in [0.4, 0.5) is 5.69 Å². The molecular formula is C24H23NO3S. The predicted octanol–water partition coefficient (Wildman–Crippen LogP) is 4.78. The van der Waals surface area contributed by atoms with Gasteiger partial charge in [0.05, 0.1) is 9.80 Å². The van der Waals surface area contributed by atoms with Crippen molar-refractivity contribution in [1.82, 2.24) is 0 Å². The summed E-state index contributed by atoms with van der Waals surface area (Å²) in [7, 11) is -2.22. The van der Waals surface area contributed by atoms with Crippen molar-refractivity contribution in [2.45, 2.75) is 18.7 Å². The minimum atomic E-state index is -3.87. The molecule has 0 unspecified atom stereocenters. The summed E-state index contributed by atoms with van der Waals surface area (Å²) in [5, 5.41) is 0. The molecule has 3 rings (SSSR count). The number of carbonyl (C=O) groups is 1. The van der Waals surface area contributed by atoms with Gasteiger partial charge in [0.25, 0.3) is 5.91 Å². The number of aryl methyl sites for hydroxylation is 2. The molecule has 3 aromatic carbocycles. The summed E-state index contributed by atoms with van der Waals surface area (Å²) in [5.74, 6) is -0.407. The first-order valence-corrected chi connectivity index (χ1v) is 10.7. The summed E-state index contributed by atoms with van der Waals surface area (Å²) in [4.78, 5) is 14.6. The summed E-state index contributed by atoms with van der Waals surface area (Å²) in [5.41, 5.74) is 3.25. The lowest BCUT2D eigenvalue weighted by Crippen LogP contribution is -2.25. The summed E-state index contributed by atoms with van der Waals surface area (Å²) in [6, 6.07) is 22.6. The van der Waals surface area contributed by atoms with Gasteiger partial charge in [-0.1, -0.05) is 66.2 Å². The van der Waals surface area contributed by atoms with E-state index in [2.05, 4.69) is 0 Å². The molecule has 0 spiro atoms. The zero-order valence-corrected chi connectivity index (χ0v) is 17.5. The molecule has 0 aliphatic heterocycles. The predicted molar refractivity (Wildman–Crippen MR) is 117 cm³/mol. The van der Waals surface area contributed by atoms with Gasteiger partial charge in [0.2, 0.25) is 9.84 Å². The van der Waals surface area contributed by atoms with E-state index in [0.717, 1.165) is 16.8 Å². The molecule has 3 aromatic rings. The Labute approximate surface area is 172 Å². The molecule has 5 heteroatoms. The topological polar surface area (TPSA) is 54.5 Å². The molecule has 1 amide bonds. The molecule has 0 aliphatic carbocycles. The van der Waals surface area contributed by atoms with E-state index < -0.39 is 15.7 Å². The van der Waals surface area contributed by atoms with Crippen LogP contribution in [0, 0.1) is 13.8 Å². The second-order valence-corrected chi connectivity index (χ2v) is 8.80. The van der Waals surface area contributed by atoms with Crippen molar-refractivity contribution >= 4 is 26.3 Å². The van der Waals surface area contributed by atoms with Crippen LogP contribution in [0.1, 0.15) is 16.7 Å². The molecule has 29 heavy (non-hydrogen) atoms. The number of amides is 1. The first kappa shape index (κ1) is 20.6. The molecule has 0 aliphatic rings. The van der Waals surface area contributed by atoms with Crippen molar-refractivity contribution in [3.63, 3.8) is 0 Å². The van der Waals surface area contributed by atoms with Crippen LogP contribution < -0.4 is 4.90 Å². The average molecular weight is 406 g/mol. The van der Waals surface area contributed by atoms with Crippen molar-refractivity contribution in [1.29, 1.82) is 0 Å². The zero-order chi connectivity index (χ0) is 21.0. The van der Waals surface area contributed by atoms with Gasteiger partial charge in [-0.25, -0.2) is 8.42 Å². The summed E-state index contributed by atoms with van der Waals surface area (Å²) in [6.07, 6.45) is 1.21. The van der Waals surface area contributed by atoms with Gasteiger partial charge in [-0.15, -0.1) is 0 Å². The van der Waals surface area contributed by atoms with Crippen LogP contribution in [0.25, 0.3) is 4.91 Å². The fourth-order valence-corrected chi connectivity index (χ4v) is 4.63. The molecule has 0 atom stereocenters. The molecule has 0 N–H and O–H groups in total. The highest BCUT2D eigenvalue weighted by atomic mass is 32.2. The van der Waals surface area contributed by atoms with E-state index in [1.165, 1.54) is 23.1 Å². The van der Waals surface area contributed by atoms with Crippen molar-refractivity contribution in [3.05, 3.63) is 102 Å². The first-order valence-electron chi connectivity index (χ1n) is 9.23. The van der Waals surface area contributed by atoms with E-state index in [-0.39, 0.29) is 9.80 Å². The van der Waals surface area contributed by atoms with E-state index in [0.29, 0.717) is 5.56 Å². The number of hydrogen-bond donors (Lipinski definition) is 0. The van der Waals surface area contributed by atoms with Crippen LogP contribution in [0.15, 0.2) is 89.8 Å². The van der Waals surface area contributed by atoms with Crippen LogP contribution in [-0.2, 0) is 14.6 Å². The van der Waals surface area contributed by atoms with Gasteiger partial charge < -0.3 is 4.90 Å². The molecule has 4 nitrogen and oxygen atoms in total. The maximum atomic E-state index is 13.3. The number of carbonyl (C=O) groups excluding carboxylic acids is 1. The van der Waals surface area contributed by atoms with E-state index in [4.69, 9.17) is 0 Å². The maximum Gasteiger partial charge on any atom is 0.252 e. The Morgan fingerprint density at radius 3 is 2.03 bits per heavy atom. The number of hydrogen-bond acceptors (Lipinski definition) is 3. The smallest absolute Gasteiger partial charge is 0.252 e. The highest BCUT2D eigenvalue weighted by molar-refractivity contribution is 8.00. The quantitative estimate of drug-likeness (QED) is 0.574. The molecule has 0 heterocycles. The second kappa shape index (κ2) is 8.45. The Morgan fingerprint density at radius 2 is 1.45 bits per heavy atom. The van der Waals surface area contributed by atoms with Gasteiger partial charge in [0.1, 0.15) is 0 Å². The molecular weight excluding hydrogens is 382 g/mol. The first-order chi connectivity index (χ1) is 13.8. The zero-order valence-electron chi connectivity index (χ0n) is 16.7. The Hall–Kier alpha value is -3.18. The van der Waals surface area contributed by atoms with E-state index in [1.807, 2.05) is 32.0 Å². The third-order valence-electron chi connectivity index (χ3n) is 4.70. The van der Waals surface area contributed by atoms with Crippen LogP contribution in [0.3, 0.4) is 0 Å². The monoisotopic (exact) mass is 405 g/mol. The third kappa shape index (κ3) is 4.46. The molecule has 148 valence electrons. The van der Waals surface area contributed by atoms with Gasteiger partial charge in [-0.3, -0.25) is 4.79 Å². The molecule has 0 fully saturated rings. The van der Waals surface area contributed by atoms with Crippen LogP contribution in [0.5, 0.6) is 0 Å². The van der Waals surface area contributed by atoms with E-state index in [9.17, 15) is 13.2 Å². The standard InChI is InChI=1S/C24H23NO3S/c1-18-14-15-22(19(2)16-18)25(3)24(26)17-23(20-10-6-4-7-11-20)29(27,28)21-12-8-5-9-13-21/h4-17H,1-3H3/b23-17+. The number of sulfone groups is 1. The Balaban J connectivity index is 2.09. The van der Waals surface area contributed by atoms with E-state index >= 15 is 0 Å². The Morgan fingerprint density at radius 1 is 0.862 bits per heavy atom. The van der Waals surface area contributed by atoms with Gasteiger partial charge in [-0.2, -0.15) is 0 Å². The Bertz CT molecular complexity index is 1150. The Kier molecular flexibility index (Phi) is 5.99. The number of anilines is 1. The second-order valence-electron chi connectivity index (χ2n) is 6.88. The lowest BCUT2D eigenvalue weighted by atomic mass is 10.1. The summed E-state index contributed by atoms with van der Waals surface area (Å²) < 4.78 is 26.6. The van der Waals surface area contributed by atoms with Gasteiger partial charge in [-0.05, 0) is 43.2 Å². The molecule has 0 bridgehead atoms. The SMILES string of the molecule is Cc1ccc(N(C)C(=O)/C=C(\c2ccccc2)S(=O)(=O)c2ccccc2)c(C)c1. The number of rotatable bonds is 5. The third-order valence-corrected chi connectivity index (χ3v) is 6.53. The van der Waals surface area contributed by atoms with Crippen molar-refractivity contribution in [2.75, 3.05) is 11.9 Å². The lowest BCUT2D eigenvalue weighted by molar-refractivity contribution is -0.113. The van der Waals surface area contributed by atoms with E-state index in [1.54, 1.807) is 55.6 Å². The molecule has 0 saturated heterocycles. The normalized spacial score (nSPS) is 11.9. The van der Waals surface area contributed by atoms with Crippen molar-refractivity contribution < 1.29 is 13.2 Å². The number of nitrogens with zero attached hydrogens (tertiary/aromatic N) is 1. The maximum absolute atomic E-state index is 13.3. The van der Waals surface area contributed by atoms with Crippen LogP contribution in [-0.4, -0.2) is 21.4 Å². The van der Waals surface area contributed by atoms with Crippen LogP contribution in [0.2, 0.25) is 0 Å². The largest absolute Gasteiger partial charge is 0.312 e. The fourth-order valence-electron chi connectivity index (χ4n) is 3.15. The van der Waals surface area contributed by atoms with Crippen LogP contribution >= 0.6 is 0 Å². The van der Waals surface area contributed by atoms with Gasteiger partial charge in [0, 0.05) is 18.8 Å². The van der Waals surface area contributed by atoms with Crippen molar-refractivity contribution in [3.8, 4) is 0 Å². The number of likely N-dealkylation sites (N-methyl/N-ethyl adjacent to an activating group) is 1.